The van der Waals surface area contributed by atoms with Crippen molar-refractivity contribution in [1.29, 1.82) is 0 Å². The Kier molecular flexibility index (Phi) is 7.15. The molecule has 2 nitrogen and oxygen atoms in total. The molecule has 172 valence electrons. The first-order valence-corrected chi connectivity index (χ1v) is 15.0. The molecule has 0 atom stereocenters. The highest BCUT2D eigenvalue weighted by molar-refractivity contribution is 9.11. The highest BCUT2D eigenvalue weighted by Gasteiger charge is 2.50. The van der Waals surface area contributed by atoms with Crippen molar-refractivity contribution < 1.29 is 9.53 Å². The zero-order valence-electron chi connectivity index (χ0n) is 19.7. The summed E-state index contributed by atoms with van der Waals surface area (Å²) in [6, 6.07) is 25.6. The van der Waals surface area contributed by atoms with E-state index < -0.39 is 8.32 Å². The topological polar surface area (TPSA) is 29.5 Å². The Hall–Kier alpha value is -1.92. The largest absolute Gasteiger partial charge is 0.507 e. The van der Waals surface area contributed by atoms with Gasteiger partial charge in [0.1, 0.15) is 5.75 Å². The highest BCUT2D eigenvalue weighted by atomic mass is 79.9. The molecule has 5 heteroatoms. The number of phenols is 1. The number of fused-ring (bicyclic) bond motifs is 1. The number of aryl methyl sites for hydroxylation is 1. The SMILES string of the molecule is CCc1cc(O)c2c(CCO[Si](c3ccccc3)(c3ccccc3)C(C)(C)C)c(Br)sc2c1. The van der Waals surface area contributed by atoms with Gasteiger partial charge in [0.05, 0.1) is 3.79 Å². The minimum absolute atomic E-state index is 0.0538. The summed E-state index contributed by atoms with van der Waals surface area (Å²) in [5.74, 6) is 0.367. The summed E-state index contributed by atoms with van der Waals surface area (Å²) in [6.45, 7) is 9.60. The van der Waals surface area contributed by atoms with E-state index in [1.165, 1.54) is 10.4 Å². The number of hydrogen-bond donors (Lipinski definition) is 1. The Labute approximate surface area is 210 Å². The summed E-state index contributed by atoms with van der Waals surface area (Å²) in [7, 11) is -2.57. The van der Waals surface area contributed by atoms with Crippen LogP contribution in [0.5, 0.6) is 5.75 Å². The summed E-state index contributed by atoms with van der Waals surface area (Å²) in [5, 5.41) is 14.2. The fourth-order valence-corrected chi connectivity index (χ4v) is 11.3. The normalized spacial score (nSPS) is 12.4. The molecule has 4 rings (SSSR count). The molecule has 0 aliphatic heterocycles. The monoisotopic (exact) mass is 538 g/mol. The highest BCUT2D eigenvalue weighted by Crippen LogP contribution is 2.42. The van der Waals surface area contributed by atoms with Gasteiger partial charge in [0.15, 0.2) is 0 Å². The number of phenolic OH excluding ortho intramolecular Hbond substituents is 1. The molecule has 0 fully saturated rings. The van der Waals surface area contributed by atoms with E-state index in [2.05, 4.69) is 110 Å². The molecule has 0 saturated heterocycles. The summed E-state index contributed by atoms with van der Waals surface area (Å²) in [4.78, 5) is 0. The van der Waals surface area contributed by atoms with Gasteiger partial charge in [-0.2, -0.15) is 0 Å². The molecule has 1 heterocycles. The Morgan fingerprint density at radius 2 is 1.52 bits per heavy atom. The third-order valence-electron chi connectivity index (χ3n) is 6.38. The van der Waals surface area contributed by atoms with E-state index in [0.29, 0.717) is 12.4 Å². The molecule has 1 N–H and O–H groups in total. The Balaban J connectivity index is 1.73. The number of benzene rings is 3. The second-order valence-electron chi connectivity index (χ2n) is 9.46. The first-order chi connectivity index (χ1) is 15.8. The number of rotatable bonds is 7. The van der Waals surface area contributed by atoms with Crippen LogP contribution < -0.4 is 10.4 Å². The van der Waals surface area contributed by atoms with E-state index in [1.54, 1.807) is 11.3 Å². The molecule has 3 aromatic carbocycles. The van der Waals surface area contributed by atoms with Crippen molar-refractivity contribution in [2.75, 3.05) is 6.61 Å². The molecule has 0 aliphatic carbocycles. The minimum Gasteiger partial charge on any atom is -0.507 e. The van der Waals surface area contributed by atoms with Crippen LogP contribution >= 0.6 is 27.3 Å². The van der Waals surface area contributed by atoms with Crippen LogP contribution in [0.4, 0.5) is 0 Å². The molecule has 0 aliphatic rings. The molecule has 4 aromatic rings. The fourth-order valence-electron chi connectivity index (χ4n) is 4.79. The van der Waals surface area contributed by atoms with Crippen LogP contribution in [-0.4, -0.2) is 20.0 Å². The quantitative estimate of drug-likeness (QED) is 0.255. The van der Waals surface area contributed by atoms with Crippen LogP contribution in [0.25, 0.3) is 10.1 Å². The summed E-state index contributed by atoms with van der Waals surface area (Å²) in [6.07, 6.45) is 1.65. The van der Waals surface area contributed by atoms with Crippen LogP contribution in [0, 0.1) is 0 Å². The smallest absolute Gasteiger partial charge is 0.261 e. The lowest BCUT2D eigenvalue weighted by Gasteiger charge is -2.43. The molecule has 0 amide bonds. The van der Waals surface area contributed by atoms with Gasteiger partial charge in [0, 0.05) is 16.7 Å². The third-order valence-corrected chi connectivity index (χ3v) is 13.3. The van der Waals surface area contributed by atoms with E-state index in [4.69, 9.17) is 4.43 Å². The first kappa shape index (κ1) is 24.2. The predicted molar refractivity (Wildman–Crippen MR) is 148 cm³/mol. The van der Waals surface area contributed by atoms with Gasteiger partial charge < -0.3 is 9.53 Å². The first-order valence-electron chi connectivity index (χ1n) is 11.5. The third kappa shape index (κ3) is 4.56. The van der Waals surface area contributed by atoms with E-state index >= 15 is 0 Å². The summed E-state index contributed by atoms with van der Waals surface area (Å²) in [5.41, 5.74) is 2.29. The molecule has 33 heavy (non-hydrogen) atoms. The van der Waals surface area contributed by atoms with E-state index in [1.807, 2.05) is 6.07 Å². The zero-order chi connectivity index (χ0) is 23.6. The predicted octanol–water partition coefficient (Wildman–Crippen LogP) is 7.05. The minimum atomic E-state index is -2.57. The van der Waals surface area contributed by atoms with Crippen molar-refractivity contribution in [3.8, 4) is 5.75 Å². The van der Waals surface area contributed by atoms with Gasteiger partial charge in [-0.3, -0.25) is 0 Å². The number of aromatic hydroxyl groups is 1. The Bertz CT molecular complexity index is 1190. The maximum atomic E-state index is 10.8. The second-order valence-corrected chi connectivity index (χ2v) is 16.1. The lowest BCUT2D eigenvalue weighted by molar-refractivity contribution is 0.302. The molecular weight excluding hydrogens is 508 g/mol. The van der Waals surface area contributed by atoms with Crippen LogP contribution in [0.1, 0.15) is 38.8 Å². The van der Waals surface area contributed by atoms with Gasteiger partial charge in [-0.05, 0) is 67.4 Å². The van der Waals surface area contributed by atoms with Crippen molar-refractivity contribution in [3.05, 3.63) is 87.7 Å². The van der Waals surface area contributed by atoms with E-state index in [-0.39, 0.29) is 5.04 Å². The van der Waals surface area contributed by atoms with Gasteiger partial charge >= 0.3 is 0 Å². The van der Waals surface area contributed by atoms with Crippen molar-refractivity contribution in [2.45, 2.75) is 45.6 Å². The number of hydrogen-bond acceptors (Lipinski definition) is 3. The van der Waals surface area contributed by atoms with Crippen LogP contribution in [0.15, 0.2) is 76.6 Å². The van der Waals surface area contributed by atoms with Gasteiger partial charge in [-0.1, -0.05) is 88.4 Å². The van der Waals surface area contributed by atoms with Crippen molar-refractivity contribution in [3.63, 3.8) is 0 Å². The average Bonchev–Trinajstić information content (AvgIpc) is 3.12. The van der Waals surface area contributed by atoms with Gasteiger partial charge in [0.25, 0.3) is 8.32 Å². The average molecular weight is 540 g/mol. The molecule has 0 spiro atoms. The lowest BCUT2D eigenvalue weighted by atomic mass is 10.1. The Morgan fingerprint density at radius 1 is 0.939 bits per heavy atom. The molecule has 0 saturated carbocycles. The fraction of sp³-hybridized carbons (Fsp3) is 0.286. The second kappa shape index (κ2) is 9.75. The van der Waals surface area contributed by atoms with Crippen molar-refractivity contribution >= 4 is 56.0 Å². The number of thiophene rings is 1. The van der Waals surface area contributed by atoms with E-state index in [0.717, 1.165) is 37.8 Å². The van der Waals surface area contributed by atoms with Gasteiger partial charge in [-0.15, -0.1) is 11.3 Å². The molecule has 0 bridgehead atoms. The molecule has 1 aromatic heterocycles. The standard InChI is InChI=1S/C28H31BrO2SSi/c1-5-20-18-24(30)26-23(27(29)32-25(26)19-20)16-17-31-33(28(2,3)4,21-12-8-6-9-13-21)22-14-10-7-11-15-22/h6-15,18-19,30H,5,16-17H2,1-4H3. The van der Waals surface area contributed by atoms with Crippen LogP contribution in [-0.2, 0) is 17.3 Å². The molecular formula is C28H31BrO2SSi. The zero-order valence-corrected chi connectivity index (χ0v) is 23.1. The van der Waals surface area contributed by atoms with Crippen LogP contribution in [0.2, 0.25) is 5.04 Å². The maximum absolute atomic E-state index is 10.8. The molecule has 0 unspecified atom stereocenters. The van der Waals surface area contributed by atoms with Gasteiger partial charge in [0.2, 0.25) is 0 Å². The van der Waals surface area contributed by atoms with E-state index in [9.17, 15) is 5.11 Å². The van der Waals surface area contributed by atoms with Crippen LogP contribution in [0.3, 0.4) is 0 Å². The summed E-state index contributed by atoms with van der Waals surface area (Å²) >= 11 is 5.45. The van der Waals surface area contributed by atoms with Crippen molar-refractivity contribution in [2.24, 2.45) is 0 Å². The maximum Gasteiger partial charge on any atom is 0.261 e. The summed E-state index contributed by atoms with van der Waals surface area (Å²) < 4.78 is 9.27. The lowest BCUT2D eigenvalue weighted by Crippen LogP contribution is -2.66. The Morgan fingerprint density at radius 3 is 2.03 bits per heavy atom. The van der Waals surface area contributed by atoms with Crippen molar-refractivity contribution in [1.82, 2.24) is 0 Å². The van der Waals surface area contributed by atoms with Gasteiger partial charge in [-0.25, -0.2) is 0 Å². The number of halogens is 1. The molecule has 0 radical (unpaired) electrons.